The maximum Gasteiger partial charge on any atom is 0.303 e. The number of aliphatic carboxylic acids is 1. The van der Waals surface area contributed by atoms with Crippen molar-refractivity contribution < 1.29 is 14.7 Å². The minimum Gasteiger partial charge on any atom is -0.481 e. The Bertz CT molecular complexity index is 720. The molecule has 2 N–H and O–H groups in total. The van der Waals surface area contributed by atoms with Gasteiger partial charge in [0.05, 0.1) is 23.1 Å². The van der Waals surface area contributed by atoms with Gasteiger partial charge in [0.2, 0.25) is 0 Å². The van der Waals surface area contributed by atoms with Gasteiger partial charge in [-0.2, -0.15) is 5.10 Å². The van der Waals surface area contributed by atoms with Gasteiger partial charge >= 0.3 is 5.97 Å². The van der Waals surface area contributed by atoms with Crippen LogP contribution in [0.25, 0.3) is 5.69 Å². The molecule has 0 saturated carbocycles. The van der Waals surface area contributed by atoms with Gasteiger partial charge in [-0.25, -0.2) is 4.68 Å². The lowest BCUT2D eigenvalue weighted by molar-refractivity contribution is -0.137. The number of hydrogen-bond acceptors (Lipinski definition) is 3. The number of carboxylic acid groups (broad SMARTS) is 1. The van der Waals surface area contributed by atoms with Crippen molar-refractivity contribution in [2.24, 2.45) is 0 Å². The molecule has 0 aliphatic rings. The summed E-state index contributed by atoms with van der Waals surface area (Å²) in [7, 11) is 0. The van der Waals surface area contributed by atoms with Gasteiger partial charge < -0.3 is 10.4 Å². The van der Waals surface area contributed by atoms with Crippen molar-refractivity contribution in [3.05, 3.63) is 47.3 Å². The van der Waals surface area contributed by atoms with Crippen LogP contribution in [-0.4, -0.2) is 32.8 Å². The molecule has 1 aromatic heterocycles. The zero-order chi connectivity index (χ0) is 17.7. The molecule has 1 aromatic carbocycles. The molecule has 128 valence electrons. The summed E-state index contributed by atoms with van der Waals surface area (Å²) in [6.07, 6.45) is 2.66. The van der Waals surface area contributed by atoms with E-state index in [-0.39, 0.29) is 18.4 Å². The Hall–Kier alpha value is -2.63. The maximum atomic E-state index is 12.5. The SMILES string of the molecule is CCc1c(C(=O)NC(C)CCC(=O)O)cnn1-c1ccc(C)cc1. The van der Waals surface area contributed by atoms with Gasteiger partial charge in [-0.05, 0) is 38.8 Å². The third-order valence-electron chi connectivity index (χ3n) is 3.90. The molecule has 1 unspecified atom stereocenters. The molecule has 0 aliphatic carbocycles. The molecule has 0 radical (unpaired) electrons. The Morgan fingerprint density at radius 1 is 1.29 bits per heavy atom. The Morgan fingerprint density at radius 2 is 1.96 bits per heavy atom. The first-order valence-electron chi connectivity index (χ1n) is 8.09. The van der Waals surface area contributed by atoms with Gasteiger partial charge in [-0.3, -0.25) is 9.59 Å². The van der Waals surface area contributed by atoms with Crippen LogP contribution in [0.3, 0.4) is 0 Å². The molecule has 24 heavy (non-hydrogen) atoms. The normalized spacial score (nSPS) is 12.0. The van der Waals surface area contributed by atoms with Gasteiger partial charge in [0, 0.05) is 12.5 Å². The molecular weight excluding hydrogens is 306 g/mol. The van der Waals surface area contributed by atoms with E-state index in [1.807, 2.05) is 38.1 Å². The molecule has 0 saturated heterocycles. The molecule has 6 heteroatoms. The van der Waals surface area contributed by atoms with Crippen molar-refractivity contribution in [3.8, 4) is 5.69 Å². The van der Waals surface area contributed by atoms with Crippen LogP contribution in [0.4, 0.5) is 0 Å². The number of carbonyl (C=O) groups excluding carboxylic acids is 1. The van der Waals surface area contributed by atoms with Crippen LogP contribution in [0.15, 0.2) is 30.5 Å². The second-order valence-electron chi connectivity index (χ2n) is 5.91. The minimum absolute atomic E-state index is 0.0325. The van der Waals surface area contributed by atoms with E-state index in [1.54, 1.807) is 17.8 Å². The largest absolute Gasteiger partial charge is 0.481 e. The Morgan fingerprint density at radius 3 is 2.54 bits per heavy atom. The van der Waals surface area contributed by atoms with Gasteiger partial charge in [-0.15, -0.1) is 0 Å². The fourth-order valence-electron chi connectivity index (χ4n) is 2.53. The third kappa shape index (κ3) is 4.22. The predicted octanol–water partition coefficient (Wildman–Crippen LogP) is 2.73. The van der Waals surface area contributed by atoms with Crippen LogP contribution in [0, 0.1) is 6.92 Å². The van der Waals surface area contributed by atoms with Gasteiger partial charge in [0.15, 0.2) is 0 Å². The first-order chi connectivity index (χ1) is 11.4. The van der Waals surface area contributed by atoms with E-state index in [4.69, 9.17) is 5.11 Å². The Labute approximate surface area is 141 Å². The van der Waals surface area contributed by atoms with Crippen molar-refractivity contribution in [3.63, 3.8) is 0 Å². The van der Waals surface area contributed by atoms with Crippen molar-refractivity contribution in [2.45, 2.75) is 46.1 Å². The summed E-state index contributed by atoms with van der Waals surface area (Å²) in [4.78, 5) is 23.1. The molecular formula is C18H23N3O3. The smallest absolute Gasteiger partial charge is 0.303 e. The average molecular weight is 329 g/mol. The van der Waals surface area contributed by atoms with Crippen LogP contribution < -0.4 is 5.32 Å². The highest BCUT2D eigenvalue weighted by molar-refractivity contribution is 5.95. The van der Waals surface area contributed by atoms with Crippen molar-refractivity contribution in [1.82, 2.24) is 15.1 Å². The van der Waals surface area contributed by atoms with Crippen LogP contribution >= 0.6 is 0 Å². The van der Waals surface area contributed by atoms with Gasteiger partial charge in [-0.1, -0.05) is 24.6 Å². The van der Waals surface area contributed by atoms with E-state index >= 15 is 0 Å². The summed E-state index contributed by atoms with van der Waals surface area (Å²) in [6, 6.07) is 7.74. The number of benzene rings is 1. The van der Waals surface area contributed by atoms with E-state index in [2.05, 4.69) is 10.4 Å². The molecule has 1 amide bonds. The topological polar surface area (TPSA) is 84.2 Å². The number of aromatic nitrogens is 2. The van der Waals surface area contributed by atoms with Crippen LogP contribution in [-0.2, 0) is 11.2 Å². The lowest BCUT2D eigenvalue weighted by atomic mass is 10.1. The molecule has 1 heterocycles. The van der Waals surface area contributed by atoms with E-state index in [0.29, 0.717) is 18.4 Å². The molecule has 6 nitrogen and oxygen atoms in total. The number of nitrogens with one attached hydrogen (secondary N) is 1. The van der Waals surface area contributed by atoms with Crippen LogP contribution in [0.1, 0.15) is 48.3 Å². The zero-order valence-corrected chi connectivity index (χ0v) is 14.2. The molecule has 0 spiro atoms. The maximum absolute atomic E-state index is 12.5. The number of amides is 1. The first kappa shape index (κ1) is 17.7. The van der Waals surface area contributed by atoms with E-state index in [0.717, 1.165) is 16.9 Å². The van der Waals surface area contributed by atoms with Crippen molar-refractivity contribution >= 4 is 11.9 Å². The highest BCUT2D eigenvalue weighted by atomic mass is 16.4. The molecule has 0 bridgehead atoms. The minimum atomic E-state index is -0.863. The summed E-state index contributed by atoms with van der Waals surface area (Å²) in [5.74, 6) is -1.08. The van der Waals surface area contributed by atoms with E-state index in [1.165, 1.54) is 0 Å². The number of nitrogens with zero attached hydrogens (tertiary/aromatic N) is 2. The fourth-order valence-corrected chi connectivity index (χ4v) is 2.53. The van der Waals surface area contributed by atoms with Crippen LogP contribution in [0.2, 0.25) is 0 Å². The summed E-state index contributed by atoms with van der Waals surface area (Å²) in [6.45, 7) is 5.80. The van der Waals surface area contributed by atoms with Crippen LogP contribution in [0.5, 0.6) is 0 Å². The summed E-state index contributed by atoms with van der Waals surface area (Å²) < 4.78 is 1.77. The molecule has 0 fully saturated rings. The predicted molar refractivity (Wildman–Crippen MR) is 91.5 cm³/mol. The first-order valence-corrected chi connectivity index (χ1v) is 8.09. The highest BCUT2D eigenvalue weighted by Gasteiger charge is 2.18. The molecule has 0 aliphatic heterocycles. The molecule has 2 rings (SSSR count). The average Bonchev–Trinajstić information content (AvgIpc) is 2.97. The van der Waals surface area contributed by atoms with Gasteiger partial charge in [0.1, 0.15) is 0 Å². The number of rotatable bonds is 7. The second kappa shape index (κ2) is 7.77. The van der Waals surface area contributed by atoms with Crippen molar-refractivity contribution in [2.75, 3.05) is 0 Å². The standard InChI is InChI=1S/C18H23N3O3/c1-4-16-15(18(24)20-13(3)7-10-17(22)23)11-19-21(16)14-8-5-12(2)6-9-14/h5-6,8-9,11,13H,4,7,10H2,1-3H3,(H,20,24)(H,22,23). The Kier molecular flexibility index (Phi) is 5.73. The summed E-state index contributed by atoms with van der Waals surface area (Å²) in [5.41, 5.74) is 3.44. The number of carboxylic acids is 1. The lowest BCUT2D eigenvalue weighted by Crippen LogP contribution is -2.33. The molecule has 1 atom stereocenters. The summed E-state index contributed by atoms with van der Waals surface area (Å²) >= 11 is 0. The third-order valence-corrected chi connectivity index (χ3v) is 3.90. The number of hydrogen-bond donors (Lipinski definition) is 2. The fraction of sp³-hybridized carbons (Fsp3) is 0.389. The molecule has 2 aromatic rings. The highest BCUT2D eigenvalue weighted by Crippen LogP contribution is 2.17. The van der Waals surface area contributed by atoms with E-state index < -0.39 is 5.97 Å². The Balaban J connectivity index is 2.17. The monoisotopic (exact) mass is 329 g/mol. The van der Waals surface area contributed by atoms with E-state index in [9.17, 15) is 9.59 Å². The van der Waals surface area contributed by atoms with Crippen molar-refractivity contribution in [1.29, 1.82) is 0 Å². The lowest BCUT2D eigenvalue weighted by Gasteiger charge is -2.13. The quantitative estimate of drug-likeness (QED) is 0.818. The van der Waals surface area contributed by atoms with Gasteiger partial charge in [0.25, 0.3) is 5.91 Å². The summed E-state index contributed by atoms with van der Waals surface area (Å²) in [5, 5.41) is 15.9. The second-order valence-corrected chi connectivity index (χ2v) is 5.91. The number of aryl methyl sites for hydroxylation is 1. The number of carbonyl (C=O) groups is 2. The zero-order valence-electron chi connectivity index (χ0n) is 14.2.